The summed E-state index contributed by atoms with van der Waals surface area (Å²) in [5, 5.41) is -1.89. The van der Waals surface area contributed by atoms with Gasteiger partial charge in [0.05, 0.1) is 0 Å². The third kappa shape index (κ3) is 6.76. The highest BCUT2D eigenvalue weighted by Crippen LogP contribution is 2.52. The Kier molecular flexibility index (Phi) is 8.05. The van der Waals surface area contributed by atoms with E-state index in [9.17, 15) is 18.9 Å². The first kappa shape index (κ1) is 20.2. The van der Waals surface area contributed by atoms with Crippen molar-refractivity contribution in [1.82, 2.24) is 0 Å². The highest BCUT2D eigenvalue weighted by atomic mass is 31.2. The summed E-state index contributed by atoms with van der Waals surface area (Å²) in [7, 11) is -8.79. The zero-order chi connectivity index (χ0) is 16.0. The van der Waals surface area contributed by atoms with E-state index in [0.29, 0.717) is 19.4 Å². The Morgan fingerprint density at radius 3 is 2.00 bits per heavy atom. The summed E-state index contributed by atoms with van der Waals surface area (Å²) in [4.78, 5) is 36.3. The first-order chi connectivity index (χ1) is 8.94. The van der Waals surface area contributed by atoms with Crippen molar-refractivity contribution in [3.05, 3.63) is 0 Å². The molecule has 0 fully saturated rings. The molecule has 0 bridgehead atoms. The normalized spacial score (nSPS) is 17.8. The first-order valence-corrected chi connectivity index (χ1v) is 9.70. The van der Waals surface area contributed by atoms with Gasteiger partial charge in [0.25, 0.3) is 0 Å². The van der Waals surface area contributed by atoms with Crippen LogP contribution in [0.2, 0.25) is 0 Å². The second-order valence-corrected chi connectivity index (χ2v) is 8.62. The topological polar surface area (TPSA) is 193 Å². The van der Waals surface area contributed by atoms with Crippen molar-refractivity contribution >= 4 is 15.2 Å². The van der Waals surface area contributed by atoms with Gasteiger partial charge in [0.15, 0.2) is 0 Å². The third-order valence-corrected chi connectivity index (χ3v) is 5.72. The molecule has 2 unspecified atom stereocenters. The standard InChI is InChI=1S/C9H25N3O6P2/c10-6-2-1-5-9(12,20(16,17)18)8(11)4-3-7-19(13,14)15/h8H,1-7,10-12H2,(H2,13,14,15)(H2,16,17,18). The zero-order valence-corrected chi connectivity index (χ0v) is 13.0. The van der Waals surface area contributed by atoms with Gasteiger partial charge in [-0.15, -0.1) is 0 Å². The minimum atomic E-state index is -4.65. The molecule has 122 valence electrons. The van der Waals surface area contributed by atoms with Gasteiger partial charge in [0.1, 0.15) is 5.28 Å². The van der Waals surface area contributed by atoms with E-state index in [1.807, 2.05) is 0 Å². The van der Waals surface area contributed by atoms with E-state index in [4.69, 9.17) is 27.0 Å². The third-order valence-electron chi connectivity index (χ3n) is 3.18. The smallest absolute Gasteiger partial charge is 0.330 e. The first-order valence-electron chi connectivity index (χ1n) is 6.29. The quantitative estimate of drug-likeness (QED) is 0.198. The highest BCUT2D eigenvalue weighted by molar-refractivity contribution is 7.53. The van der Waals surface area contributed by atoms with Gasteiger partial charge in [-0.3, -0.25) is 9.13 Å². The van der Waals surface area contributed by atoms with Crippen LogP contribution in [0, 0.1) is 0 Å². The maximum Gasteiger partial charge on any atom is 0.346 e. The van der Waals surface area contributed by atoms with Crippen LogP contribution in [0.25, 0.3) is 0 Å². The van der Waals surface area contributed by atoms with E-state index in [2.05, 4.69) is 0 Å². The van der Waals surface area contributed by atoms with Crippen LogP contribution in [0.4, 0.5) is 0 Å². The number of nitrogens with two attached hydrogens (primary N) is 3. The van der Waals surface area contributed by atoms with Crippen molar-refractivity contribution in [2.45, 2.75) is 43.4 Å². The Labute approximate surface area is 118 Å². The molecule has 0 rings (SSSR count). The second-order valence-electron chi connectivity index (χ2n) is 4.92. The average Bonchev–Trinajstić information content (AvgIpc) is 2.25. The molecule has 0 saturated carbocycles. The van der Waals surface area contributed by atoms with E-state index in [1.54, 1.807) is 0 Å². The van der Waals surface area contributed by atoms with Gasteiger partial charge in [0.2, 0.25) is 0 Å². The molecule has 11 heteroatoms. The number of rotatable bonds is 10. The lowest BCUT2D eigenvalue weighted by molar-refractivity contribution is 0.282. The van der Waals surface area contributed by atoms with E-state index >= 15 is 0 Å². The van der Waals surface area contributed by atoms with Gasteiger partial charge < -0.3 is 36.8 Å². The van der Waals surface area contributed by atoms with Crippen LogP contribution in [0.5, 0.6) is 0 Å². The van der Waals surface area contributed by atoms with Crippen LogP contribution < -0.4 is 17.2 Å². The minimum absolute atomic E-state index is 0.00551. The molecule has 9 nitrogen and oxygen atoms in total. The molecule has 0 aromatic rings. The van der Waals surface area contributed by atoms with Gasteiger partial charge in [-0.25, -0.2) is 0 Å². The fourth-order valence-corrected chi connectivity index (χ4v) is 3.47. The Hall–Kier alpha value is 0.180. The van der Waals surface area contributed by atoms with Crippen LogP contribution >= 0.6 is 15.2 Å². The van der Waals surface area contributed by atoms with Gasteiger partial charge in [-0.1, -0.05) is 0 Å². The van der Waals surface area contributed by atoms with E-state index in [0.717, 1.165) is 0 Å². The maximum absolute atomic E-state index is 11.6. The Bertz CT molecular complexity index is 384. The fourth-order valence-electron chi connectivity index (χ4n) is 1.87. The van der Waals surface area contributed by atoms with Gasteiger partial charge >= 0.3 is 15.2 Å². The molecule has 0 aliphatic heterocycles. The molecule has 10 N–H and O–H groups in total. The molecule has 0 amide bonds. The monoisotopic (exact) mass is 333 g/mol. The lowest BCUT2D eigenvalue weighted by Gasteiger charge is -2.35. The van der Waals surface area contributed by atoms with Gasteiger partial charge in [-0.05, 0) is 38.6 Å². The predicted molar refractivity (Wildman–Crippen MR) is 76.0 cm³/mol. The summed E-state index contributed by atoms with van der Waals surface area (Å²) in [6.07, 6.45) is 0.668. The molecule has 0 spiro atoms. The summed E-state index contributed by atoms with van der Waals surface area (Å²) >= 11 is 0. The van der Waals surface area contributed by atoms with Crippen molar-refractivity contribution in [2.24, 2.45) is 17.2 Å². The Balaban J connectivity index is 4.69. The molecular weight excluding hydrogens is 308 g/mol. The highest BCUT2D eigenvalue weighted by Gasteiger charge is 2.47. The number of hydrogen-bond donors (Lipinski definition) is 7. The molecule has 0 saturated heterocycles. The minimum Gasteiger partial charge on any atom is -0.330 e. The summed E-state index contributed by atoms with van der Waals surface area (Å²) in [6, 6.07) is -1.05. The van der Waals surface area contributed by atoms with Crippen LogP contribution in [0.1, 0.15) is 32.1 Å². The molecule has 0 radical (unpaired) electrons. The fraction of sp³-hybridized carbons (Fsp3) is 1.00. The van der Waals surface area contributed by atoms with Crippen molar-refractivity contribution in [3.63, 3.8) is 0 Å². The molecule has 20 heavy (non-hydrogen) atoms. The Morgan fingerprint density at radius 1 is 1.05 bits per heavy atom. The van der Waals surface area contributed by atoms with E-state index < -0.39 is 26.5 Å². The van der Waals surface area contributed by atoms with E-state index in [-0.39, 0.29) is 25.4 Å². The largest absolute Gasteiger partial charge is 0.346 e. The lowest BCUT2D eigenvalue weighted by Crippen LogP contribution is -2.55. The number of hydrogen-bond acceptors (Lipinski definition) is 5. The van der Waals surface area contributed by atoms with Crippen LogP contribution in [-0.4, -0.2) is 43.6 Å². The summed E-state index contributed by atoms with van der Waals surface area (Å²) < 4.78 is 22.3. The molecule has 0 aromatic heterocycles. The predicted octanol–water partition coefficient (Wildman–Crippen LogP) is -0.767. The lowest BCUT2D eigenvalue weighted by atomic mass is 9.98. The summed E-state index contributed by atoms with van der Waals surface area (Å²) in [5.41, 5.74) is 16.9. The van der Waals surface area contributed by atoms with Gasteiger partial charge in [-0.2, -0.15) is 0 Å². The Morgan fingerprint density at radius 2 is 1.60 bits per heavy atom. The van der Waals surface area contributed by atoms with Crippen LogP contribution in [0.3, 0.4) is 0 Å². The molecule has 0 heterocycles. The molecule has 0 aliphatic carbocycles. The summed E-state index contributed by atoms with van der Waals surface area (Å²) in [5.74, 6) is 0. The molecule has 0 aliphatic rings. The van der Waals surface area contributed by atoms with Crippen molar-refractivity contribution in [3.8, 4) is 0 Å². The number of unbranched alkanes of at least 4 members (excludes halogenated alkanes) is 1. The average molecular weight is 333 g/mol. The van der Waals surface area contributed by atoms with Crippen LogP contribution in [0.15, 0.2) is 0 Å². The summed E-state index contributed by atoms with van der Waals surface area (Å²) in [6.45, 7) is 0.380. The molecule has 2 atom stereocenters. The van der Waals surface area contributed by atoms with Crippen molar-refractivity contribution in [1.29, 1.82) is 0 Å². The van der Waals surface area contributed by atoms with E-state index in [1.165, 1.54) is 0 Å². The SMILES string of the molecule is NCCCCC(N)(C(N)CCCP(=O)(O)O)P(=O)(O)O. The van der Waals surface area contributed by atoms with Crippen molar-refractivity contribution in [2.75, 3.05) is 12.7 Å². The maximum atomic E-state index is 11.6. The molecular formula is C9H25N3O6P2. The van der Waals surface area contributed by atoms with Crippen LogP contribution in [-0.2, 0) is 9.13 Å². The van der Waals surface area contributed by atoms with Gasteiger partial charge in [0, 0.05) is 12.2 Å². The van der Waals surface area contributed by atoms with Crippen molar-refractivity contribution < 1.29 is 28.7 Å². The molecule has 0 aromatic carbocycles. The zero-order valence-electron chi connectivity index (χ0n) is 11.3. The second kappa shape index (κ2) is 7.98.